The fourth-order valence-electron chi connectivity index (χ4n) is 5.50. The van der Waals surface area contributed by atoms with Crippen LogP contribution in [0.2, 0.25) is 0 Å². The Balaban J connectivity index is 1.47. The van der Waals surface area contributed by atoms with Crippen molar-refractivity contribution in [2.75, 3.05) is 26.1 Å². The number of carbonyl (C=O) groups excluding carboxylic acids is 1. The largest absolute Gasteiger partial charge is 0.479 e. The maximum atomic E-state index is 14.8. The zero-order valence-electron chi connectivity index (χ0n) is 29.0. The number of nitrogens with two attached hydrogens (primary N) is 1. The topological polar surface area (TPSA) is 202 Å². The third-order valence-corrected chi connectivity index (χ3v) is 10.7. The van der Waals surface area contributed by atoms with Crippen LogP contribution in [-0.4, -0.2) is 79.9 Å². The first-order valence-corrected chi connectivity index (χ1v) is 18.8. The molecular formula is C33H44IN6O9P. The van der Waals surface area contributed by atoms with Gasteiger partial charge in [-0.3, -0.25) is 13.9 Å². The molecule has 3 unspecified atom stereocenters. The Hall–Kier alpha value is -3.12. The van der Waals surface area contributed by atoms with Gasteiger partial charge in [0.05, 0.1) is 20.3 Å². The van der Waals surface area contributed by atoms with Crippen LogP contribution < -0.4 is 20.1 Å². The van der Waals surface area contributed by atoms with Crippen molar-refractivity contribution in [2.24, 2.45) is 11.3 Å². The molecule has 1 saturated heterocycles. The second-order valence-electron chi connectivity index (χ2n) is 13.7. The highest BCUT2D eigenvalue weighted by Crippen LogP contribution is 2.49. The lowest BCUT2D eigenvalue weighted by Gasteiger charge is -2.30. The van der Waals surface area contributed by atoms with Crippen molar-refractivity contribution >= 4 is 64.2 Å². The number of benzene rings is 2. The molecule has 2 aromatic carbocycles. The molecule has 5 N–H and O–H groups in total. The molecular weight excluding hydrogens is 782 g/mol. The number of nitrogens with zero attached hydrogens (tertiary/aromatic N) is 4. The summed E-state index contributed by atoms with van der Waals surface area (Å²) >= 11 is 1.94. The van der Waals surface area contributed by atoms with Gasteiger partial charge >= 0.3 is 13.7 Å². The highest BCUT2D eigenvalue weighted by molar-refractivity contribution is 14.1. The van der Waals surface area contributed by atoms with E-state index in [-0.39, 0.29) is 46.7 Å². The van der Waals surface area contributed by atoms with E-state index in [1.807, 2.05) is 87.5 Å². The quantitative estimate of drug-likeness (QED) is 0.0608. The number of rotatable bonds is 13. The summed E-state index contributed by atoms with van der Waals surface area (Å²) in [5, 5.41) is 27.3. The zero-order chi connectivity index (χ0) is 36.6. The van der Waals surface area contributed by atoms with Crippen molar-refractivity contribution < 1.29 is 42.8 Å². The molecule has 3 heterocycles. The molecule has 2 aromatic heterocycles. The van der Waals surface area contributed by atoms with Crippen LogP contribution in [0.15, 0.2) is 42.5 Å². The minimum Gasteiger partial charge on any atom is -0.479 e. The molecule has 7 atom stereocenters. The van der Waals surface area contributed by atoms with Crippen LogP contribution in [0.25, 0.3) is 21.9 Å². The Morgan fingerprint density at radius 3 is 2.58 bits per heavy atom. The molecule has 0 radical (unpaired) electrons. The number of nitrogen functional groups attached to an aromatic ring is 1. The van der Waals surface area contributed by atoms with Crippen molar-refractivity contribution in [1.29, 1.82) is 0 Å². The summed E-state index contributed by atoms with van der Waals surface area (Å²) in [6.45, 7) is 10.5. The number of halogens is 1. The van der Waals surface area contributed by atoms with E-state index in [1.54, 1.807) is 12.1 Å². The maximum absolute atomic E-state index is 14.8. The van der Waals surface area contributed by atoms with Crippen LogP contribution in [0.3, 0.4) is 0 Å². The first kappa shape index (κ1) is 38.1. The number of aliphatic hydroxyl groups excluding tert-OH is 1. The van der Waals surface area contributed by atoms with Gasteiger partial charge in [0, 0.05) is 28.0 Å². The number of ether oxygens (including phenoxy) is 3. The lowest BCUT2D eigenvalue weighted by molar-refractivity contribution is -0.150. The molecule has 17 heteroatoms. The minimum atomic E-state index is -4.45. The first-order valence-electron chi connectivity index (χ1n) is 16.1. The number of fused-ring (bicyclic) bond motifs is 2. The third kappa shape index (κ3) is 8.01. The number of nitrogens with one attached hydrogen (secondary N) is 1. The molecule has 15 nitrogen and oxygen atoms in total. The summed E-state index contributed by atoms with van der Waals surface area (Å²) in [6.07, 6.45) is -3.48. The molecule has 5 rings (SSSR count). The smallest absolute Gasteiger partial charge is 0.459 e. The van der Waals surface area contributed by atoms with Crippen LogP contribution in [-0.2, 0) is 23.4 Å². The molecule has 0 aliphatic carbocycles. The first-order chi connectivity index (χ1) is 23.5. The number of methoxy groups -OCH3 is 1. The number of aliphatic hydroxyl groups is 2. The molecule has 0 amide bonds. The lowest BCUT2D eigenvalue weighted by Crippen LogP contribution is -2.45. The molecule has 4 aromatic rings. The fourth-order valence-corrected chi connectivity index (χ4v) is 7.87. The number of esters is 1. The SMILES string of the molecule is CCC(C)[C@H](NP(=O)(OC[C@H]1OC(n2c(I)nc3c(OC)nc(N)nc32)[C@](C)(O)[C@@H]1O)Oc1cccc2ccccc12)C(=O)OCC(C)(C)C. The second kappa shape index (κ2) is 14.9. The van der Waals surface area contributed by atoms with E-state index < -0.39 is 50.4 Å². The number of imidazole rings is 1. The molecule has 1 fully saturated rings. The van der Waals surface area contributed by atoms with Crippen molar-refractivity contribution in [3.8, 4) is 11.6 Å². The summed E-state index contributed by atoms with van der Waals surface area (Å²) in [7, 11) is -3.04. The van der Waals surface area contributed by atoms with Crippen molar-refractivity contribution in [3.63, 3.8) is 0 Å². The standard InChI is InChI=1S/C33H44IN6O9P/c1-8-18(2)23(28(42)46-17-32(3,4)5)39-50(44,49-21-15-11-13-19-12-9-10-14-20(19)21)47-16-22-25(41)33(6,43)29(48-22)40-26-24(36-30(40)34)27(45-7)38-31(35)37-26/h9-15,18,22-23,25,29,41,43H,8,16-17H2,1-7H3,(H,39,44)(H2,35,37,38)/t18?,22-,23+,25-,29?,33-,50?/m1/s1. The minimum absolute atomic E-state index is 0.0977. The van der Waals surface area contributed by atoms with Crippen molar-refractivity contribution in [3.05, 3.63) is 46.3 Å². The number of anilines is 1. The summed E-state index contributed by atoms with van der Waals surface area (Å²) in [5.74, 6) is -0.681. The maximum Gasteiger partial charge on any atom is 0.459 e. The van der Waals surface area contributed by atoms with Crippen LogP contribution >= 0.6 is 30.3 Å². The molecule has 272 valence electrons. The average Bonchev–Trinajstić information content (AvgIpc) is 3.50. The summed E-state index contributed by atoms with van der Waals surface area (Å²) in [4.78, 5) is 26.3. The van der Waals surface area contributed by atoms with Gasteiger partial charge in [-0.05, 0) is 29.7 Å². The summed E-state index contributed by atoms with van der Waals surface area (Å²) in [5.41, 5.74) is 4.17. The summed E-state index contributed by atoms with van der Waals surface area (Å²) < 4.78 is 45.9. The van der Waals surface area contributed by atoms with Crippen LogP contribution in [0.5, 0.6) is 11.6 Å². The van der Waals surface area contributed by atoms with Gasteiger partial charge in [-0.2, -0.15) is 15.1 Å². The normalized spacial score (nSPS) is 23.4. The Morgan fingerprint density at radius 1 is 1.20 bits per heavy atom. The molecule has 1 aliphatic heterocycles. The number of hydrogen-bond acceptors (Lipinski definition) is 13. The highest BCUT2D eigenvalue weighted by atomic mass is 127. The lowest BCUT2D eigenvalue weighted by atomic mass is 9.96. The Labute approximate surface area is 303 Å². The van der Waals surface area contributed by atoms with Gasteiger partial charge in [-0.15, -0.1) is 0 Å². The van der Waals surface area contributed by atoms with E-state index in [0.29, 0.717) is 15.6 Å². The Bertz CT molecular complexity index is 1900. The molecule has 50 heavy (non-hydrogen) atoms. The van der Waals surface area contributed by atoms with Crippen LogP contribution in [0.4, 0.5) is 5.95 Å². The van der Waals surface area contributed by atoms with E-state index in [1.165, 1.54) is 18.6 Å². The van der Waals surface area contributed by atoms with E-state index in [9.17, 15) is 19.6 Å². The number of hydrogen-bond donors (Lipinski definition) is 4. The molecule has 0 bridgehead atoms. The third-order valence-electron chi connectivity index (χ3n) is 8.45. The monoisotopic (exact) mass is 826 g/mol. The van der Waals surface area contributed by atoms with E-state index >= 15 is 0 Å². The zero-order valence-corrected chi connectivity index (χ0v) is 32.0. The van der Waals surface area contributed by atoms with Crippen molar-refractivity contribution in [2.45, 2.75) is 78.0 Å². The second-order valence-corrected chi connectivity index (χ2v) is 16.4. The average molecular weight is 827 g/mol. The van der Waals surface area contributed by atoms with Gasteiger partial charge in [0.25, 0.3) is 0 Å². The molecule has 1 aliphatic rings. The molecule has 0 saturated carbocycles. The van der Waals surface area contributed by atoms with Gasteiger partial charge < -0.3 is 34.7 Å². The number of carbonyl (C=O) groups is 1. The van der Waals surface area contributed by atoms with Crippen LogP contribution in [0.1, 0.15) is 54.2 Å². The van der Waals surface area contributed by atoms with Gasteiger partial charge in [0.15, 0.2) is 21.2 Å². The van der Waals surface area contributed by atoms with Gasteiger partial charge in [0.2, 0.25) is 11.8 Å². The summed E-state index contributed by atoms with van der Waals surface area (Å²) in [6, 6.07) is 11.6. The van der Waals surface area contributed by atoms with E-state index in [0.717, 1.165) is 5.39 Å². The van der Waals surface area contributed by atoms with E-state index in [4.69, 9.17) is 29.0 Å². The highest BCUT2D eigenvalue weighted by Gasteiger charge is 2.55. The van der Waals surface area contributed by atoms with Crippen LogP contribution in [0, 0.1) is 15.2 Å². The fraction of sp³-hybridized carbons (Fsp3) is 0.515. The van der Waals surface area contributed by atoms with Gasteiger partial charge in [0.1, 0.15) is 29.6 Å². The Morgan fingerprint density at radius 2 is 1.90 bits per heavy atom. The predicted octanol–water partition coefficient (Wildman–Crippen LogP) is 4.98. The predicted molar refractivity (Wildman–Crippen MR) is 194 cm³/mol. The van der Waals surface area contributed by atoms with Gasteiger partial charge in [-0.1, -0.05) is 77.4 Å². The molecule has 0 spiro atoms. The van der Waals surface area contributed by atoms with Crippen molar-refractivity contribution in [1.82, 2.24) is 24.6 Å². The number of aromatic nitrogens is 4. The van der Waals surface area contributed by atoms with E-state index in [2.05, 4.69) is 20.0 Å². The van der Waals surface area contributed by atoms with Gasteiger partial charge in [-0.25, -0.2) is 9.55 Å². The Kier molecular flexibility index (Phi) is 11.3.